The number of nitrogens with zero attached hydrogens (tertiary/aromatic N) is 7. The molecule has 2 fully saturated rings. The Bertz CT molecular complexity index is 1050. The number of hydrogen-bond acceptors (Lipinski definition) is 10. The van der Waals surface area contributed by atoms with E-state index in [2.05, 4.69) is 25.4 Å². The van der Waals surface area contributed by atoms with Crippen LogP contribution in [0.1, 0.15) is 31.4 Å². The number of likely N-dealkylation sites (tertiary alicyclic amines) is 1. The first kappa shape index (κ1) is 21.6. The lowest BCUT2D eigenvalue weighted by molar-refractivity contribution is -0.184. The van der Waals surface area contributed by atoms with Gasteiger partial charge in [0, 0.05) is 37.5 Å². The molecule has 5 rings (SSSR count). The molecule has 3 aliphatic rings. The van der Waals surface area contributed by atoms with Crippen LogP contribution in [-0.2, 0) is 19.1 Å². The molecule has 1 N–H and O–H groups in total. The van der Waals surface area contributed by atoms with Gasteiger partial charge in [0.15, 0.2) is 5.82 Å². The second kappa shape index (κ2) is 8.61. The molecule has 12 nitrogen and oxygen atoms in total. The zero-order valence-corrected chi connectivity index (χ0v) is 18.2. The van der Waals surface area contributed by atoms with E-state index in [4.69, 9.17) is 9.47 Å². The van der Waals surface area contributed by atoms with Gasteiger partial charge in [0.1, 0.15) is 18.5 Å². The average molecular weight is 455 g/mol. The van der Waals surface area contributed by atoms with Gasteiger partial charge in [0.05, 0.1) is 24.4 Å². The van der Waals surface area contributed by atoms with Crippen LogP contribution >= 0.6 is 0 Å². The molecule has 33 heavy (non-hydrogen) atoms. The highest BCUT2D eigenvalue weighted by Crippen LogP contribution is 2.36. The molecule has 1 amide bonds. The number of aromatic nitrogens is 5. The first-order valence-electron chi connectivity index (χ1n) is 10.9. The molecule has 0 aromatic carbocycles. The van der Waals surface area contributed by atoms with E-state index < -0.39 is 17.7 Å². The Hall–Kier alpha value is -3.22. The monoisotopic (exact) mass is 455 g/mol. The van der Waals surface area contributed by atoms with Crippen molar-refractivity contribution in [1.29, 1.82) is 0 Å². The van der Waals surface area contributed by atoms with Crippen LogP contribution in [0.2, 0.25) is 0 Å². The van der Waals surface area contributed by atoms with Crippen LogP contribution in [0.15, 0.2) is 36.4 Å². The molecule has 174 valence electrons. The lowest BCUT2D eigenvalue weighted by atomic mass is 9.87. The number of aliphatic hydroxyl groups is 1. The Morgan fingerprint density at radius 3 is 2.73 bits per heavy atom. The normalized spacial score (nSPS) is 24.1. The van der Waals surface area contributed by atoms with Gasteiger partial charge >= 0.3 is 5.97 Å². The summed E-state index contributed by atoms with van der Waals surface area (Å²) < 4.78 is 12.5. The van der Waals surface area contributed by atoms with Gasteiger partial charge in [-0.2, -0.15) is 4.68 Å². The van der Waals surface area contributed by atoms with Gasteiger partial charge in [0.2, 0.25) is 0 Å². The molecule has 0 aliphatic carbocycles. The largest absolute Gasteiger partial charge is 0.456 e. The van der Waals surface area contributed by atoms with Crippen molar-refractivity contribution in [2.45, 2.75) is 37.5 Å². The first-order valence-corrected chi connectivity index (χ1v) is 10.9. The fourth-order valence-electron chi connectivity index (χ4n) is 4.55. The summed E-state index contributed by atoms with van der Waals surface area (Å²) in [6.45, 7) is 4.05. The minimum absolute atomic E-state index is 0.115. The molecule has 12 heteroatoms. The maximum absolute atomic E-state index is 13.4. The van der Waals surface area contributed by atoms with Crippen LogP contribution in [0.25, 0.3) is 5.82 Å². The second-order valence-electron chi connectivity index (χ2n) is 8.59. The van der Waals surface area contributed by atoms with Crippen LogP contribution in [0.5, 0.6) is 0 Å². The van der Waals surface area contributed by atoms with Crippen LogP contribution in [0.4, 0.5) is 0 Å². The number of pyridine rings is 1. The zero-order valence-electron chi connectivity index (χ0n) is 18.2. The van der Waals surface area contributed by atoms with Gasteiger partial charge in [-0.15, -0.1) is 5.10 Å². The summed E-state index contributed by atoms with van der Waals surface area (Å²) in [5.74, 6) is 0.0234. The number of piperidine rings is 1. The summed E-state index contributed by atoms with van der Waals surface area (Å²) in [4.78, 5) is 33.0. The molecule has 3 aliphatic heterocycles. The lowest BCUT2D eigenvalue weighted by Crippen LogP contribution is -2.63. The topological polar surface area (TPSA) is 136 Å². The van der Waals surface area contributed by atoms with E-state index in [0.29, 0.717) is 56.2 Å². The van der Waals surface area contributed by atoms with Gasteiger partial charge in [-0.05, 0) is 36.3 Å². The van der Waals surface area contributed by atoms with E-state index in [9.17, 15) is 14.7 Å². The third-order valence-corrected chi connectivity index (χ3v) is 6.44. The van der Waals surface area contributed by atoms with Gasteiger partial charge in [0.25, 0.3) is 5.91 Å². The Morgan fingerprint density at radius 1 is 1.27 bits per heavy atom. The molecule has 2 saturated heterocycles. The van der Waals surface area contributed by atoms with Crippen LogP contribution < -0.4 is 0 Å². The van der Waals surface area contributed by atoms with E-state index in [1.807, 2.05) is 6.92 Å². The molecule has 0 saturated carbocycles. The van der Waals surface area contributed by atoms with Crippen molar-refractivity contribution in [2.24, 2.45) is 0 Å². The quantitative estimate of drug-likeness (QED) is 0.594. The minimum atomic E-state index is -0.907. The van der Waals surface area contributed by atoms with Crippen molar-refractivity contribution in [3.63, 3.8) is 0 Å². The summed E-state index contributed by atoms with van der Waals surface area (Å²) in [6, 6.07) is 3.38. The van der Waals surface area contributed by atoms with Crippen molar-refractivity contribution in [2.75, 3.05) is 32.8 Å². The van der Waals surface area contributed by atoms with Crippen molar-refractivity contribution in [3.05, 3.63) is 42.0 Å². The molecule has 2 aromatic heterocycles. The highest BCUT2D eigenvalue weighted by molar-refractivity contribution is 5.91. The standard InChI is InChI=1S/C21H25N7O5/c1-14-11-33-21(20(31)28(14)16-8-19(30)32-12-16)4-6-26(7-5-21)10-17(29)15-2-3-18(22-9-15)27-13-23-24-25-27/h2-3,8-9,13-14,17,29H,4-7,10-12H2,1H3/t14?,17-/m0/s1. The zero-order chi connectivity index (χ0) is 23.0. The predicted molar refractivity (Wildman–Crippen MR) is 112 cm³/mol. The maximum atomic E-state index is 13.4. The summed E-state index contributed by atoms with van der Waals surface area (Å²) in [7, 11) is 0. The van der Waals surface area contributed by atoms with Crippen molar-refractivity contribution in [3.8, 4) is 5.82 Å². The van der Waals surface area contributed by atoms with Gasteiger partial charge < -0.3 is 24.4 Å². The summed E-state index contributed by atoms with van der Waals surface area (Å²) in [5, 5.41) is 21.7. The smallest absolute Gasteiger partial charge is 0.333 e. The van der Waals surface area contributed by atoms with E-state index in [0.717, 1.165) is 0 Å². The molecule has 1 unspecified atom stereocenters. The number of hydrogen-bond donors (Lipinski definition) is 1. The number of tetrazole rings is 1. The van der Waals surface area contributed by atoms with E-state index >= 15 is 0 Å². The van der Waals surface area contributed by atoms with Gasteiger partial charge in [-0.25, -0.2) is 9.78 Å². The fraction of sp³-hybridized carbons (Fsp3) is 0.524. The molecular weight excluding hydrogens is 430 g/mol. The Labute approximate surface area is 189 Å². The highest BCUT2D eigenvalue weighted by atomic mass is 16.5. The Balaban J connectivity index is 1.20. The molecule has 2 aromatic rings. The Kier molecular flexibility index (Phi) is 5.64. The van der Waals surface area contributed by atoms with Crippen LogP contribution in [-0.4, -0.2) is 96.5 Å². The number of cyclic esters (lactones) is 1. The number of carbonyl (C=O) groups excluding carboxylic acids is 2. The van der Waals surface area contributed by atoms with Crippen molar-refractivity contribution < 1.29 is 24.2 Å². The second-order valence-corrected chi connectivity index (χ2v) is 8.59. The first-order chi connectivity index (χ1) is 15.9. The number of β-amino-alcohol motifs (C(OH)–C–C–N with tert-alkyl or cyclic N) is 1. The number of amides is 1. The van der Waals surface area contributed by atoms with Gasteiger partial charge in [-0.3, -0.25) is 4.79 Å². The number of aliphatic hydroxyl groups excluding tert-OH is 1. The fourth-order valence-corrected chi connectivity index (χ4v) is 4.55. The van der Waals surface area contributed by atoms with Crippen molar-refractivity contribution >= 4 is 11.9 Å². The minimum Gasteiger partial charge on any atom is -0.456 e. The molecule has 1 spiro atoms. The van der Waals surface area contributed by atoms with Crippen LogP contribution in [0, 0.1) is 0 Å². The maximum Gasteiger partial charge on any atom is 0.333 e. The number of ether oxygens (including phenoxy) is 2. The number of morpholine rings is 1. The average Bonchev–Trinajstić information content (AvgIpc) is 3.51. The molecular formula is C21H25N7O5. The predicted octanol–water partition coefficient (Wildman–Crippen LogP) is -0.387. The van der Waals surface area contributed by atoms with E-state index in [1.54, 1.807) is 23.2 Å². The molecule has 5 heterocycles. The third-order valence-electron chi connectivity index (χ3n) is 6.44. The van der Waals surface area contributed by atoms with Gasteiger partial charge in [-0.1, -0.05) is 6.07 Å². The van der Waals surface area contributed by atoms with E-state index in [1.165, 1.54) is 17.1 Å². The molecule has 2 atom stereocenters. The third kappa shape index (κ3) is 4.12. The van der Waals surface area contributed by atoms with Crippen molar-refractivity contribution in [1.82, 2.24) is 35.0 Å². The van der Waals surface area contributed by atoms with Crippen LogP contribution in [0.3, 0.4) is 0 Å². The highest BCUT2D eigenvalue weighted by Gasteiger charge is 2.50. The molecule has 0 bridgehead atoms. The Morgan fingerprint density at radius 2 is 2.09 bits per heavy atom. The summed E-state index contributed by atoms with van der Waals surface area (Å²) >= 11 is 0. The number of carbonyl (C=O) groups is 2. The number of esters is 1. The molecule has 0 radical (unpaired) electrons. The lowest BCUT2D eigenvalue weighted by Gasteiger charge is -2.48. The SMILES string of the molecule is CC1COC2(CCN(C[C@H](O)c3ccc(-n4cnnn4)nc3)CC2)C(=O)N1C1=CC(=O)OC1. The summed E-state index contributed by atoms with van der Waals surface area (Å²) in [5.41, 5.74) is 0.376. The van der Waals surface area contributed by atoms with E-state index in [-0.39, 0.29) is 18.6 Å². The summed E-state index contributed by atoms with van der Waals surface area (Å²) in [6.07, 6.45) is 4.75. The number of rotatable bonds is 5.